The topological polar surface area (TPSA) is 54.0 Å². The number of carbonyl (C=O) groups is 1. The predicted octanol–water partition coefficient (Wildman–Crippen LogP) is 5.06. The Morgan fingerprint density at radius 1 is 0.926 bits per heavy atom. The van der Waals surface area contributed by atoms with Crippen molar-refractivity contribution in [1.29, 1.82) is 0 Å². The van der Waals surface area contributed by atoms with E-state index in [1.165, 1.54) is 0 Å². The number of rotatable bonds is 8. The van der Waals surface area contributed by atoms with Crippen LogP contribution in [0, 0.1) is 0 Å². The van der Waals surface area contributed by atoms with E-state index in [2.05, 4.69) is 22.5 Å². The highest BCUT2D eigenvalue weighted by atomic mass is 16.1. The summed E-state index contributed by atoms with van der Waals surface area (Å²) in [4.78, 5) is 17.4. The number of anilines is 2. The van der Waals surface area contributed by atoms with Gasteiger partial charge in [-0.1, -0.05) is 74.0 Å². The summed E-state index contributed by atoms with van der Waals surface area (Å²) < 4.78 is 0. The lowest BCUT2D eigenvalue weighted by Crippen LogP contribution is -2.22. The Labute approximate surface area is 160 Å². The van der Waals surface area contributed by atoms with Gasteiger partial charge in [0.25, 0.3) is 0 Å². The lowest BCUT2D eigenvalue weighted by atomic mass is 9.90. The lowest BCUT2D eigenvalue weighted by Gasteiger charge is -2.18. The molecule has 2 N–H and O–H groups in total. The normalized spacial score (nSPS) is 10.6. The van der Waals surface area contributed by atoms with E-state index in [-0.39, 0.29) is 11.8 Å². The zero-order valence-electron chi connectivity index (χ0n) is 15.6. The minimum Gasteiger partial charge on any atom is -0.370 e. The zero-order chi connectivity index (χ0) is 18.9. The number of amides is 1. The predicted molar refractivity (Wildman–Crippen MR) is 111 cm³/mol. The molecule has 0 radical (unpaired) electrons. The van der Waals surface area contributed by atoms with Crippen LogP contribution in [0.15, 0.2) is 79.0 Å². The molecule has 0 aliphatic heterocycles. The molecule has 27 heavy (non-hydrogen) atoms. The van der Waals surface area contributed by atoms with E-state index in [9.17, 15) is 4.79 Å². The Morgan fingerprint density at radius 3 is 2.07 bits per heavy atom. The maximum Gasteiger partial charge on any atom is 0.236 e. The molecule has 0 bridgehead atoms. The smallest absolute Gasteiger partial charge is 0.236 e. The highest BCUT2D eigenvalue weighted by Crippen LogP contribution is 2.26. The molecule has 3 rings (SSSR count). The lowest BCUT2D eigenvalue weighted by molar-refractivity contribution is -0.116. The van der Waals surface area contributed by atoms with E-state index >= 15 is 0 Å². The van der Waals surface area contributed by atoms with Crippen molar-refractivity contribution in [1.82, 2.24) is 4.98 Å². The van der Waals surface area contributed by atoms with Crippen molar-refractivity contribution in [2.75, 3.05) is 17.2 Å². The minimum absolute atomic E-state index is 0.0686. The number of unbranched alkanes of at least 4 members (excludes halogenated alkanes) is 1. The van der Waals surface area contributed by atoms with Crippen molar-refractivity contribution >= 4 is 17.4 Å². The van der Waals surface area contributed by atoms with Gasteiger partial charge in [0, 0.05) is 6.54 Å². The quantitative estimate of drug-likeness (QED) is 0.553. The number of hydrogen-bond donors (Lipinski definition) is 2. The summed E-state index contributed by atoms with van der Waals surface area (Å²) in [5, 5.41) is 6.28. The molecule has 2 aromatic carbocycles. The van der Waals surface area contributed by atoms with Crippen molar-refractivity contribution in [3.05, 3.63) is 90.1 Å². The number of nitrogens with one attached hydrogen (secondary N) is 2. The first kappa shape index (κ1) is 18.6. The summed E-state index contributed by atoms with van der Waals surface area (Å²) in [7, 11) is 0. The molecule has 4 nitrogen and oxygen atoms in total. The maximum atomic E-state index is 13.1. The molecule has 0 aliphatic rings. The van der Waals surface area contributed by atoms with E-state index in [1.807, 2.05) is 72.8 Å². The van der Waals surface area contributed by atoms with Crippen LogP contribution in [-0.2, 0) is 4.79 Å². The van der Waals surface area contributed by atoms with Gasteiger partial charge in [0.1, 0.15) is 5.82 Å². The summed E-state index contributed by atoms with van der Waals surface area (Å²) in [6.07, 6.45) is 3.94. The van der Waals surface area contributed by atoms with Crippen LogP contribution in [0.4, 0.5) is 11.5 Å². The Kier molecular flexibility index (Phi) is 6.58. The number of benzene rings is 2. The molecule has 0 saturated carbocycles. The molecular formula is C23H25N3O. The van der Waals surface area contributed by atoms with Crippen LogP contribution in [0.1, 0.15) is 36.8 Å². The van der Waals surface area contributed by atoms with Crippen LogP contribution < -0.4 is 10.6 Å². The van der Waals surface area contributed by atoms with Gasteiger partial charge in [0.15, 0.2) is 0 Å². The SMILES string of the molecule is CCCCNc1ccc(NC(=O)C(c2ccccc2)c2ccccc2)cn1. The van der Waals surface area contributed by atoms with E-state index < -0.39 is 0 Å². The third-order valence-electron chi connectivity index (χ3n) is 4.40. The second kappa shape index (κ2) is 9.53. The zero-order valence-corrected chi connectivity index (χ0v) is 15.6. The first-order valence-corrected chi connectivity index (χ1v) is 9.38. The van der Waals surface area contributed by atoms with Crippen LogP contribution in [0.25, 0.3) is 0 Å². The van der Waals surface area contributed by atoms with E-state index in [1.54, 1.807) is 6.20 Å². The summed E-state index contributed by atoms with van der Waals surface area (Å²) in [5.74, 6) is 0.389. The summed E-state index contributed by atoms with van der Waals surface area (Å²) in [6, 6.07) is 23.4. The van der Waals surface area contributed by atoms with Gasteiger partial charge in [0.05, 0.1) is 17.8 Å². The summed E-state index contributed by atoms with van der Waals surface area (Å²) in [5.41, 5.74) is 2.62. The summed E-state index contributed by atoms with van der Waals surface area (Å²) >= 11 is 0. The van der Waals surface area contributed by atoms with Gasteiger partial charge in [-0.2, -0.15) is 0 Å². The molecule has 138 valence electrons. The minimum atomic E-state index is -0.366. The Balaban J connectivity index is 1.75. The van der Waals surface area contributed by atoms with Crippen molar-refractivity contribution in [3.8, 4) is 0 Å². The van der Waals surface area contributed by atoms with E-state index in [0.717, 1.165) is 36.3 Å². The molecule has 1 heterocycles. The molecule has 0 unspecified atom stereocenters. The van der Waals surface area contributed by atoms with Gasteiger partial charge in [0.2, 0.25) is 5.91 Å². The summed E-state index contributed by atoms with van der Waals surface area (Å²) in [6.45, 7) is 3.06. The van der Waals surface area contributed by atoms with Gasteiger partial charge in [-0.25, -0.2) is 4.98 Å². The molecule has 3 aromatic rings. The van der Waals surface area contributed by atoms with Crippen LogP contribution >= 0.6 is 0 Å². The Hall–Kier alpha value is -3.14. The van der Waals surface area contributed by atoms with E-state index in [4.69, 9.17) is 0 Å². The second-order valence-electron chi connectivity index (χ2n) is 6.46. The van der Waals surface area contributed by atoms with Crippen LogP contribution in [0.3, 0.4) is 0 Å². The van der Waals surface area contributed by atoms with Crippen molar-refractivity contribution in [3.63, 3.8) is 0 Å². The highest BCUT2D eigenvalue weighted by molar-refractivity contribution is 5.98. The first-order valence-electron chi connectivity index (χ1n) is 9.38. The molecule has 0 saturated heterocycles. The Bertz CT molecular complexity index is 793. The van der Waals surface area contributed by atoms with Gasteiger partial charge >= 0.3 is 0 Å². The average Bonchev–Trinajstić information content (AvgIpc) is 2.71. The third kappa shape index (κ3) is 5.17. The molecule has 0 atom stereocenters. The molecule has 0 fully saturated rings. The first-order chi connectivity index (χ1) is 13.3. The number of hydrogen-bond acceptors (Lipinski definition) is 3. The van der Waals surface area contributed by atoms with Gasteiger partial charge in [-0.05, 0) is 29.7 Å². The van der Waals surface area contributed by atoms with Crippen LogP contribution in [0.2, 0.25) is 0 Å². The van der Waals surface area contributed by atoms with Crippen molar-refractivity contribution in [2.24, 2.45) is 0 Å². The van der Waals surface area contributed by atoms with Crippen LogP contribution in [0.5, 0.6) is 0 Å². The number of aromatic nitrogens is 1. The number of pyridine rings is 1. The van der Waals surface area contributed by atoms with Crippen molar-refractivity contribution in [2.45, 2.75) is 25.7 Å². The number of carbonyl (C=O) groups excluding carboxylic acids is 1. The Morgan fingerprint density at radius 2 is 1.56 bits per heavy atom. The maximum absolute atomic E-state index is 13.1. The van der Waals surface area contributed by atoms with Gasteiger partial charge in [-0.3, -0.25) is 4.79 Å². The van der Waals surface area contributed by atoms with Gasteiger partial charge < -0.3 is 10.6 Å². The van der Waals surface area contributed by atoms with Crippen molar-refractivity contribution < 1.29 is 4.79 Å². The largest absolute Gasteiger partial charge is 0.370 e. The monoisotopic (exact) mass is 359 g/mol. The highest BCUT2D eigenvalue weighted by Gasteiger charge is 2.22. The average molecular weight is 359 g/mol. The fourth-order valence-corrected chi connectivity index (χ4v) is 2.97. The molecule has 0 spiro atoms. The third-order valence-corrected chi connectivity index (χ3v) is 4.40. The molecular weight excluding hydrogens is 334 g/mol. The molecule has 1 aromatic heterocycles. The van der Waals surface area contributed by atoms with E-state index in [0.29, 0.717) is 5.69 Å². The fraction of sp³-hybridized carbons (Fsp3) is 0.217. The standard InChI is InChI=1S/C23H25N3O/c1-2-3-16-24-21-15-14-20(17-25-21)26-23(27)22(18-10-6-4-7-11-18)19-12-8-5-9-13-19/h4-15,17,22H,2-3,16H2,1H3,(H,24,25)(H,26,27). The fourth-order valence-electron chi connectivity index (χ4n) is 2.97. The molecule has 1 amide bonds. The van der Waals surface area contributed by atoms with Gasteiger partial charge in [-0.15, -0.1) is 0 Å². The molecule has 4 heteroatoms. The number of nitrogens with zero attached hydrogens (tertiary/aromatic N) is 1. The molecule has 0 aliphatic carbocycles. The van der Waals surface area contributed by atoms with Crippen LogP contribution in [-0.4, -0.2) is 17.4 Å². The second-order valence-corrected chi connectivity index (χ2v) is 6.46.